The number of halogens is 2. The Kier molecular flexibility index (Phi) is 3.49. The fraction of sp³-hybridized carbons (Fsp3) is 0.0769. The van der Waals surface area contributed by atoms with Gasteiger partial charge in [-0.3, -0.25) is 4.57 Å². The van der Waals surface area contributed by atoms with Crippen LogP contribution in [-0.2, 0) is 0 Å². The highest BCUT2D eigenvalue weighted by Crippen LogP contribution is 2.20. The van der Waals surface area contributed by atoms with Crippen LogP contribution in [0.25, 0.3) is 5.95 Å². The van der Waals surface area contributed by atoms with Crippen molar-refractivity contribution >= 4 is 23.2 Å². The Balaban J connectivity index is 1.95. The third-order valence-electron chi connectivity index (χ3n) is 2.77. The standard InChI is InChI=1S/C13H10ClFN6/c1-8-6-9(15)2-3-10(8)17-12-18-11(14)19-13(20-12)21-5-4-16-7-21/h2-7H,1H3,(H,17,18,19,20). The average Bonchev–Trinajstić information content (AvgIpc) is 2.95. The lowest BCUT2D eigenvalue weighted by Crippen LogP contribution is -2.06. The summed E-state index contributed by atoms with van der Waals surface area (Å²) in [6.07, 6.45) is 4.85. The van der Waals surface area contributed by atoms with Gasteiger partial charge in [-0.1, -0.05) is 0 Å². The number of rotatable bonds is 3. The van der Waals surface area contributed by atoms with Crippen molar-refractivity contribution in [3.05, 3.63) is 53.6 Å². The minimum atomic E-state index is -0.300. The summed E-state index contributed by atoms with van der Waals surface area (Å²) < 4.78 is 14.7. The third kappa shape index (κ3) is 2.97. The second-order valence-corrected chi connectivity index (χ2v) is 4.62. The van der Waals surface area contributed by atoms with E-state index >= 15 is 0 Å². The molecule has 0 aliphatic carbocycles. The number of aryl methyl sites for hydroxylation is 1. The van der Waals surface area contributed by atoms with E-state index in [0.29, 0.717) is 11.6 Å². The van der Waals surface area contributed by atoms with E-state index in [1.54, 1.807) is 36.3 Å². The van der Waals surface area contributed by atoms with Gasteiger partial charge >= 0.3 is 0 Å². The molecular weight excluding hydrogens is 295 g/mol. The van der Waals surface area contributed by atoms with Crippen LogP contribution in [0.5, 0.6) is 0 Å². The molecule has 6 nitrogen and oxygen atoms in total. The molecule has 106 valence electrons. The third-order valence-corrected chi connectivity index (χ3v) is 2.94. The zero-order chi connectivity index (χ0) is 14.8. The fourth-order valence-electron chi connectivity index (χ4n) is 1.78. The summed E-state index contributed by atoms with van der Waals surface area (Å²) >= 11 is 5.90. The molecule has 0 atom stereocenters. The molecule has 0 saturated carbocycles. The van der Waals surface area contributed by atoms with Gasteiger partial charge in [-0.15, -0.1) is 0 Å². The van der Waals surface area contributed by atoms with E-state index in [9.17, 15) is 4.39 Å². The highest BCUT2D eigenvalue weighted by Gasteiger charge is 2.08. The number of benzene rings is 1. The smallest absolute Gasteiger partial charge is 0.241 e. The van der Waals surface area contributed by atoms with Gasteiger partial charge in [-0.2, -0.15) is 15.0 Å². The van der Waals surface area contributed by atoms with Crippen molar-refractivity contribution in [2.75, 3.05) is 5.32 Å². The van der Waals surface area contributed by atoms with E-state index < -0.39 is 0 Å². The molecule has 0 unspecified atom stereocenters. The van der Waals surface area contributed by atoms with Gasteiger partial charge in [0.1, 0.15) is 12.1 Å². The Labute approximate surface area is 124 Å². The molecule has 2 aromatic heterocycles. The number of nitrogens with one attached hydrogen (secondary N) is 1. The molecule has 1 N–H and O–H groups in total. The predicted octanol–water partition coefficient (Wildman–Crippen LogP) is 2.90. The van der Waals surface area contributed by atoms with Gasteiger partial charge in [-0.05, 0) is 42.3 Å². The lowest BCUT2D eigenvalue weighted by atomic mass is 10.2. The maximum atomic E-state index is 13.1. The number of anilines is 2. The lowest BCUT2D eigenvalue weighted by molar-refractivity contribution is 0.627. The van der Waals surface area contributed by atoms with Crippen LogP contribution in [-0.4, -0.2) is 24.5 Å². The first kappa shape index (κ1) is 13.4. The largest absolute Gasteiger partial charge is 0.324 e. The van der Waals surface area contributed by atoms with Gasteiger partial charge in [0.15, 0.2) is 0 Å². The van der Waals surface area contributed by atoms with Crippen LogP contribution >= 0.6 is 11.6 Å². The number of nitrogens with zero attached hydrogens (tertiary/aromatic N) is 5. The minimum absolute atomic E-state index is 0.0518. The first-order chi connectivity index (χ1) is 10.1. The Bertz CT molecular complexity index is 774. The van der Waals surface area contributed by atoms with Crippen LogP contribution in [0.15, 0.2) is 36.9 Å². The molecule has 1 aromatic carbocycles. The molecule has 0 aliphatic rings. The molecule has 3 rings (SSSR count). The van der Waals surface area contributed by atoms with Gasteiger partial charge in [0.25, 0.3) is 0 Å². The fourth-order valence-corrected chi connectivity index (χ4v) is 1.93. The Morgan fingerprint density at radius 1 is 1.24 bits per heavy atom. The van der Waals surface area contributed by atoms with Gasteiger partial charge in [-0.25, -0.2) is 9.37 Å². The summed E-state index contributed by atoms with van der Waals surface area (Å²) in [4.78, 5) is 16.2. The summed E-state index contributed by atoms with van der Waals surface area (Å²) in [5.41, 5.74) is 1.42. The quantitative estimate of drug-likeness (QED) is 0.806. The van der Waals surface area contributed by atoms with E-state index in [2.05, 4.69) is 25.3 Å². The lowest BCUT2D eigenvalue weighted by Gasteiger charge is -2.09. The molecule has 0 fully saturated rings. The Hall–Kier alpha value is -2.54. The maximum Gasteiger partial charge on any atom is 0.241 e. The first-order valence-electron chi connectivity index (χ1n) is 6.05. The summed E-state index contributed by atoms with van der Waals surface area (Å²) in [6.45, 7) is 1.78. The molecule has 0 aliphatic heterocycles. The monoisotopic (exact) mass is 304 g/mol. The number of aromatic nitrogens is 5. The minimum Gasteiger partial charge on any atom is -0.324 e. The van der Waals surface area contributed by atoms with Crippen molar-refractivity contribution in [1.29, 1.82) is 0 Å². The average molecular weight is 305 g/mol. The molecule has 21 heavy (non-hydrogen) atoms. The van der Waals surface area contributed by atoms with Crippen LogP contribution in [0.2, 0.25) is 5.28 Å². The number of imidazole rings is 1. The van der Waals surface area contributed by atoms with Crippen molar-refractivity contribution in [3.8, 4) is 5.95 Å². The summed E-state index contributed by atoms with van der Waals surface area (Å²) in [6, 6.07) is 4.38. The van der Waals surface area contributed by atoms with Gasteiger partial charge in [0, 0.05) is 18.1 Å². The van der Waals surface area contributed by atoms with Crippen molar-refractivity contribution in [2.45, 2.75) is 6.92 Å². The molecule has 0 amide bonds. The first-order valence-corrected chi connectivity index (χ1v) is 6.43. The van der Waals surface area contributed by atoms with E-state index in [-0.39, 0.29) is 17.0 Å². The highest BCUT2D eigenvalue weighted by atomic mass is 35.5. The van der Waals surface area contributed by atoms with Crippen molar-refractivity contribution in [3.63, 3.8) is 0 Å². The number of hydrogen-bond acceptors (Lipinski definition) is 5. The van der Waals surface area contributed by atoms with E-state index in [1.807, 2.05) is 0 Å². The molecule has 0 spiro atoms. The van der Waals surface area contributed by atoms with Gasteiger partial charge in [0.2, 0.25) is 17.2 Å². The van der Waals surface area contributed by atoms with E-state index in [4.69, 9.17) is 11.6 Å². The van der Waals surface area contributed by atoms with Gasteiger partial charge in [0.05, 0.1) is 0 Å². The second kappa shape index (κ2) is 5.45. The molecular formula is C13H10ClFN6. The van der Waals surface area contributed by atoms with Crippen LogP contribution in [0.4, 0.5) is 16.0 Å². The second-order valence-electron chi connectivity index (χ2n) is 4.28. The summed E-state index contributed by atoms with van der Waals surface area (Å²) in [5.74, 6) is 0.314. The van der Waals surface area contributed by atoms with Crippen LogP contribution in [0, 0.1) is 12.7 Å². The summed E-state index contributed by atoms with van der Waals surface area (Å²) in [7, 11) is 0. The zero-order valence-corrected chi connectivity index (χ0v) is 11.7. The SMILES string of the molecule is Cc1cc(F)ccc1Nc1nc(Cl)nc(-n2ccnc2)n1. The zero-order valence-electron chi connectivity index (χ0n) is 11.0. The molecule has 0 radical (unpaired) electrons. The van der Waals surface area contributed by atoms with Crippen LogP contribution in [0.1, 0.15) is 5.56 Å². The summed E-state index contributed by atoms with van der Waals surface area (Å²) in [5, 5.41) is 3.05. The van der Waals surface area contributed by atoms with E-state index in [0.717, 1.165) is 5.56 Å². The van der Waals surface area contributed by atoms with E-state index in [1.165, 1.54) is 12.1 Å². The van der Waals surface area contributed by atoms with Crippen LogP contribution < -0.4 is 5.32 Å². The van der Waals surface area contributed by atoms with Crippen molar-refractivity contribution in [1.82, 2.24) is 24.5 Å². The topological polar surface area (TPSA) is 68.5 Å². The number of hydrogen-bond donors (Lipinski definition) is 1. The normalized spacial score (nSPS) is 10.6. The molecule has 0 bridgehead atoms. The molecule has 0 saturated heterocycles. The van der Waals surface area contributed by atoms with Gasteiger partial charge < -0.3 is 5.32 Å². The Morgan fingerprint density at radius 3 is 2.81 bits per heavy atom. The van der Waals surface area contributed by atoms with Crippen molar-refractivity contribution < 1.29 is 4.39 Å². The molecule has 8 heteroatoms. The van der Waals surface area contributed by atoms with Crippen LogP contribution in [0.3, 0.4) is 0 Å². The van der Waals surface area contributed by atoms with Crippen molar-refractivity contribution in [2.24, 2.45) is 0 Å². The predicted molar refractivity (Wildman–Crippen MR) is 76.4 cm³/mol. The Morgan fingerprint density at radius 2 is 2.10 bits per heavy atom. The highest BCUT2D eigenvalue weighted by molar-refractivity contribution is 6.28. The maximum absolute atomic E-state index is 13.1. The molecule has 3 aromatic rings. The molecule has 2 heterocycles.